The van der Waals surface area contributed by atoms with Crippen molar-refractivity contribution >= 4 is 5.91 Å². The fraction of sp³-hybridized carbons (Fsp3) is 0.278. The van der Waals surface area contributed by atoms with Gasteiger partial charge in [0.2, 0.25) is 0 Å². The SMILES string of the molecule is CCCCc1ccc(C(=O)NOCc2ccccc2)cc1. The maximum absolute atomic E-state index is 11.9. The summed E-state index contributed by atoms with van der Waals surface area (Å²) in [6.07, 6.45) is 3.41. The third-order valence-corrected chi connectivity index (χ3v) is 3.28. The molecule has 0 atom stereocenters. The van der Waals surface area contributed by atoms with Gasteiger partial charge in [0, 0.05) is 5.56 Å². The molecule has 3 nitrogen and oxygen atoms in total. The molecule has 0 bridgehead atoms. The van der Waals surface area contributed by atoms with Gasteiger partial charge in [-0.05, 0) is 36.1 Å². The fourth-order valence-electron chi connectivity index (χ4n) is 2.02. The van der Waals surface area contributed by atoms with Crippen molar-refractivity contribution in [2.24, 2.45) is 0 Å². The van der Waals surface area contributed by atoms with Gasteiger partial charge in [0.25, 0.3) is 5.91 Å². The van der Waals surface area contributed by atoms with E-state index in [4.69, 9.17) is 4.84 Å². The summed E-state index contributed by atoms with van der Waals surface area (Å²) in [6, 6.07) is 17.4. The van der Waals surface area contributed by atoms with Crippen LogP contribution in [0.15, 0.2) is 54.6 Å². The highest BCUT2D eigenvalue weighted by molar-refractivity contribution is 5.93. The number of aryl methyl sites for hydroxylation is 1. The van der Waals surface area contributed by atoms with Crippen LogP contribution in [0, 0.1) is 0 Å². The van der Waals surface area contributed by atoms with Gasteiger partial charge in [-0.1, -0.05) is 55.8 Å². The molecular formula is C18H21NO2. The molecule has 0 aromatic heterocycles. The van der Waals surface area contributed by atoms with Crippen molar-refractivity contribution in [3.05, 3.63) is 71.3 Å². The number of amides is 1. The predicted molar refractivity (Wildman–Crippen MR) is 83.8 cm³/mol. The highest BCUT2D eigenvalue weighted by Gasteiger charge is 2.05. The van der Waals surface area contributed by atoms with Gasteiger partial charge in [0.15, 0.2) is 0 Å². The molecule has 0 saturated heterocycles. The Morgan fingerprint density at radius 3 is 2.38 bits per heavy atom. The molecule has 1 N–H and O–H groups in total. The molecule has 110 valence electrons. The van der Waals surface area contributed by atoms with Crippen LogP contribution in [-0.2, 0) is 17.9 Å². The Bertz CT molecular complexity index is 549. The van der Waals surface area contributed by atoms with Crippen molar-refractivity contribution in [3.8, 4) is 0 Å². The first-order valence-electron chi connectivity index (χ1n) is 7.34. The van der Waals surface area contributed by atoms with Crippen LogP contribution in [-0.4, -0.2) is 5.91 Å². The van der Waals surface area contributed by atoms with E-state index in [9.17, 15) is 4.79 Å². The van der Waals surface area contributed by atoms with Crippen molar-refractivity contribution in [2.75, 3.05) is 0 Å². The minimum Gasteiger partial charge on any atom is -0.269 e. The van der Waals surface area contributed by atoms with Gasteiger partial charge < -0.3 is 0 Å². The molecule has 3 heteroatoms. The lowest BCUT2D eigenvalue weighted by Crippen LogP contribution is -2.23. The van der Waals surface area contributed by atoms with Crippen LogP contribution in [0.25, 0.3) is 0 Å². The molecule has 2 rings (SSSR count). The predicted octanol–water partition coefficient (Wildman–Crippen LogP) is 3.89. The summed E-state index contributed by atoms with van der Waals surface area (Å²) in [7, 11) is 0. The molecule has 0 aliphatic rings. The van der Waals surface area contributed by atoms with Gasteiger partial charge in [-0.15, -0.1) is 0 Å². The first-order valence-corrected chi connectivity index (χ1v) is 7.34. The molecular weight excluding hydrogens is 262 g/mol. The quantitative estimate of drug-likeness (QED) is 0.783. The highest BCUT2D eigenvalue weighted by atomic mass is 16.6. The number of hydrogen-bond acceptors (Lipinski definition) is 2. The van der Waals surface area contributed by atoms with Crippen LogP contribution in [0.1, 0.15) is 41.3 Å². The van der Waals surface area contributed by atoms with E-state index >= 15 is 0 Å². The zero-order chi connectivity index (χ0) is 14.9. The van der Waals surface area contributed by atoms with E-state index in [-0.39, 0.29) is 5.91 Å². The van der Waals surface area contributed by atoms with Gasteiger partial charge in [-0.25, -0.2) is 5.48 Å². The normalized spacial score (nSPS) is 10.3. The summed E-state index contributed by atoms with van der Waals surface area (Å²) >= 11 is 0. The van der Waals surface area contributed by atoms with Crippen molar-refractivity contribution in [2.45, 2.75) is 32.8 Å². The smallest absolute Gasteiger partial charge is 0.269 e. The molecule has 0 saturated carbocycles. The van der Waals surface area contributed by atoms with E-state index in [1.54, 1.807) is 0 Å². The molecule has 0 aliphatic heterocycles. The third kappa shape index (κ3) is 5.04. The lowest BCUT2D eigenvalue weighted by molar-refractivity contribution is 0.0233. The van der Waals surface area contributed by atoms with Crippen LogP contribution in [0.3, 0.4) is 0 Å². The minimum atomic E-state index is -0.215. The summed E-state index contributed by atoms with van der Waals surface area (Å²) in [5.74, 6) is -0.215. The zero-order valence-corrected chi connectivity index (χ0v) is 12.3. The van der Waals surface area contributed by atoms with Gasteiger partial charge in [0.05, 0.1) is 6.61 Å². The Kier molecular flexibility index (Phi) is 5.98. The first-order chi connectivity index (χ1) is 10.3. The molecule has 2 aromatic rings. The Balaban J connectivity index is 1.80. The second-order valence-corrected chi connectivity index (χ2v) is 5.01. The molecule has 0 fully saturated rings. The number of nitrogens with one attached hydrogen (secondary N) is 1. The van der Waals surface area contributed by atoms with E-state index in [1.165, 1.54) is 18.4 Å². The summed E-state index contributed by atoms with van der Waals surface area (Å²) in [4.78, 5) is 17.2. The first kappa shape index (κ1) is 15.3. The molecule has 0 spiro atoms. The Hall–Kier alpha value is -2.13. The Morgan fingerprint density at radius 1 is 1.00 bits per heavy atom. The lowest BCUT2D eigenvalue weighted by Gasteiger charge is -2.07. The minimum absolute atomic E-state index is 0.215. The van der Waals surface area contributed by atoms with Crippen LogP contribution >= 0.6 is 0 Å². The second kappa shape index (κ2) is 8.22. The van der Waals surface area contributed by atoms with E-state index in [1.807, 2.05) is 54.6 Å². The number of benzene rings is 2. The summed E-state index contributed by atoms with van der Waals surface area (Å²) in [5.41, 5.74) is 5.37. The van der Waals surface area contributed by atoms with Gasteiger partial charge >= 0.3 is 0 Å². The van der Waals surface area contributed by atoms with Crippen molar-refractivity contribution in [1.82, 2.24) is 5.48 Å². The standard InChI is InChI=1S/C18H21NO2/c1-2-3-7-15-10-12-17(13-11-15)18(20)19-21-14-16-8-5-4-6-9-16/h4-6,8-13H,2-3,7,14H2,1H3,(H,19,20). The van der Waals surface area contributed by atoms with Crippen molar-refractivity contribution in [1.29, 1.82) is 0 Å². The van der Waals surface area contributed by atoms with Gasteiger partial charge in [-0.3, -0.25) is 9.63 Å². The number of carbonyl (C=O) groups is 1. The molecule has 0 radical (unpaired) electrons. The van der Waals surface area contributed by atoms with Gasteiger partial charge in [-0.2, -0.15) is 0 Å². The number of rotatable bonds is 7. The maximum atomic E-state index is 11.9. The van der Waals surface area contributed by atoms with E-state index < -0.39 is 0 Å². The molecule has 21 heavy (non-hydrogen) atoms. The maximum Gasteiger partial charge on any atom is 0.274 e. The van der Waals surface area contributed by atoms with E-state index in [0.717, 1.165) is 12.0 Å². The fourth-order valence-corrected chi connectivity index (χ4v) is 2.02. The van der Waals surface area contributed by atoms with Gasteiger partial charge in [0.1, 0.15) is 0 Å². The van der Waals surface area contributed by atoms with Crippen LogP contribution < -0.4 is 5.48 Å². The van der Waals surface area contributed by atoms with Crippen molar-refractivity contribution < 1.29 is 9.63 Å². The summed E-state index contributed by atoms with van der Waals surface area (Å²) in [6.45, 7) is 2.53. The van der Waals surface area contributed by atoms with Crippen LogP contribution in [0.4, 0.5) is 0 Å². The Morgan fingerprint density at radius 2 is 1.71 bits per heavy atom. The number of hydrogen-bond donors (Lipinski definition) is 1. The highest BCUT2D eigenvalue weighted by Crippen LogP contribution is 2.08. The average Bonchev–Trinajstić information content (AvgIpc) is 2.54. The molecule has 0 aliphatic carbocycles. The number of hydroxylamine groups is 1. The average molecular weight is 283 g/mol. The van der Waals surface area contributed by atoms with Crippen molar-refractivity contribution in [3.63, 3.8) is 0 Å². The largest absolute Gasteiger partial charge is 0.274 e. The topological polar surface area (TPSA) is 38.3 Å². The second-order valence-electron chi connectivity index (χ2n) is 5.01. The lowest BCUT2D eigenvalue weighted by atomic mass is 10.1. The summed E-state index contributed by atoms with van der Waals surface area (Å²) < 4.78 is 0. The monoisotopic (exact) mass is 283 g/mol. The van der Waals surface area contributed by atoms with Crippen LogP contribution in [0.2, 0.25) is 0 Å². The molecule has 0 heterocycles. The van der Waals surface area contributed by atoms with E-state index in [2.05, 4.69) is 12.4 Å². The molecule has 1 amide bonds. The molecule has 2 aromatic carbocycles. The summed E-state index contributed by atoms with van der Waals surface area (Å²) in [5, 5.41) is 0. The molecule has 0 unspecified atom stereocenters. The number of unbranched alkanes of at least 4 members (excludes halogenated alkanes) is 1. The number of carbonyl (C=O) groups excluding carboxylic acids is 1. The third-order valence-electron chi connectivity index (χ3n) is 3.28. The van der Waals surface area contributed by atoms with E-state index in [0.29, 0.717) is 12.2 Å². The Labute approximate surface area is 125 Å². The zero-order valence-electron chi connectivity index (χ0n) is 12.3. The van der Waals surface area contributed by atoms with Crippen LogP contribution in [0.5, 0.6) is 0 Å².